The number of carbonyl (C=O) groups excluding carboxylic acids is 1. The minimum Gasteiger partial charge on any atom is -0.492 e. The number of hydrogen-bond acceptors (Lipinski definition) is 6. The van der Waals surface area contributed by atoms with Crippen molar-refractivity contribution in [1.29, 1.82) is 5.41 Å². The van der Waals surface area contributed by atoms with E-state index in [1.54, 1.807) is 17.4 Å². The van der Waals surface area contributed by atoms with E-state index in [2.05, 4.69) is 14.7 Å². The molecule has 2 aliphatic rings. The van der Waals surface area contributed by atoms with Crippen LogP contribution in [0.1, 0.15) is 28.8 Å². The summed E-state index contributed by atoms with van der Waals surface area (Å²) in [6.07, 6.45) is 2.41. The molecule has 0 saturated carbocycles. The molecule has 172 valence electrons. The number of amidine groups is 2. The predicted molar refractivity (Wildman–Crippen MR) is 139 cm³/mol. The van der Waals surface area contributed by atoms with Crippen molar-refractivity contribution in [2.75, 3.05) is 6.61 Å². The lowest BCUT2D eigenvalue weighted by molar-refractivity contribution is -0.114. The number of rotatable bonds is 6. The molecule has 0 aliphatic carbocycles. The number of hydrogen-bond donors (Lipinski definition) is 1. The minimum atomic E-state index is -0.421. The zero-order chi connectivity index (χ0) is 23.8. The molecule has 2 aliphatic heterocycles. The van der Waals surface area contributed by atoms with Gasteiger partial charge < -0.3 is 9.30 Å². The van der Waals surface area contributed by atoms with Crippen molar-refractivity contribution in [3.8, 4) is 11.4 Å². The maximum absolute atomic E-state index is 12.9. The topological polar surface area (TPSA) is 83.0 Å². The number of amides is 1. The maximum Gasteiger partial charge on any atom is 0.283 e. The number of carbonyl (C=O) groups is 1. The molecule has 1 amide bonds. The Bertz CT molecular complexity index is 1380. The first kappa shape index (κ1) is 22.4. The molecule has 1 aromatic carbocycles. The highest BCUT2D eigenvalue weighted by Gasteiger charge is 2.35. The van der Waals surface area contributed by atoms with Gasteiger partial charge in [-0.15, -0.1) is 11.3 Å². The van der Waals surface area contributed by atoms with E-state index in [1.165, 1.54) is 21.6 Å². The standard InChI is InChI=1S/C25H23N5O2S2/c1-4-32-21-10-6-5-9-20(21)29-15(2)12-17(16(29)3)13-19-23(26)30-25(27-24(19)31)34-22(28-30)14-18-8-7-11-33-18/h5-13,26H,4,14H2,1-3H3/b19-13-,26-23?. The van der Waals surface area contributed by atoms with E-state index in [-0.39, 0.29) is 11.4 Å². The molecule has 2 aromatic heterocycles. The third kappa shape index (κ3) is 4.01. The quantitative estimate of drug-likeness (QED) is 0.469. The van der Waals surface area contributed by atoms with Gasteiger partial charge in [0.05, 0.1) is 17.9 Å². The lowest BCUT2D eigenvalue weighted by Gasteiger charge is -2.20. The van der Waals surface area contributed by atoms with Crippen LogP contribution in [0.4, 0.5) is 0 Å². The smallest absolute Gasteiger partial charge is 0.283 e. The first-order chi connectivity index (χ1) is 16.5. The number of nitrogens with one attached hydrogen (secondary N) is 1. The van der Waals surface area contributed by atoms with Crippen molar-refractivity contribution in [3.63, 3.8) is 0 Å². The summed E-state index contributed by atoms with van der Waals surface area (Å²) >= 11 is 3.01. The molecule has 1 N–H and O–H groups in total. The summed E-state index contributed by atoms with van der Waals surface area (Å²) in [6.45, 7) is 6.54. The minimum absolute atomic E-state index is 0.0446. The van der Waals surface area contributed by atoms with Crippen LogP contribution in [-0.2, 0) is 11.2 Å². The summed E-state index contributed by atoms with van der Waals surface area (Å²) in [7, 11) is 0. The van der Waals surface area contributed by atoms with Gasteiger partial charge in [-0.2, -0.15) is 15.1 Å². The number of nitrogens with zero attached hydrogens (tertiary/aromatic N) is 4. The fraction of sp³-hybridized carbons (Fsp3) is 0.200. The lowest BCUT2D eigenvalue weighted by atomic mass is 10.1. The van der Waals surface area contributed by atoms with E-state index < -0.39 is 5.91 Å². The van der Waals surface area contributed by atoms with E-state index in [1.807, 2.05) is 68.6 Å². The number of ether oxygens (including phenoxy) is 1. The van der Waals surface area contributed by atoms with Crippen LogP contribution >= 0.6 is 23.1 Å². The van der Waals surface area contributed by atoms with Crippen LogP contribution in [0.15, 0.2) is 63.5 Å². The van der Waals surface area contributed by atoms with E-state index in [9.17, 15) is 4.79 Å². The average Bonchev–Trinajstić information content (AvgIpc) is 3.53. The average molecular weight is 490 g/mol. The van der Waals surface area contributed by atoms with Gasteiger partial charge in [-0.05, 0) is 73.8 Å². The van der Waals surface area contributed by atoms with Crippen LogP contribution in [0, 0.1) is 19.3 Å². The molecule has 7 nitrogen and oxygen atoms in total. The molecule has 0 bridgehead atoms. The largest absolute Gasteiger partial charge is 0.492 e. The van der Waals surface area contributed by atoms with Crippen LogP contribution < -0.4 is 4.74 Å². The Morgan fingerprint density at radius 1 is 1.18 bits per heavy atom. The fourth-order valence-electron chi connectivity index (χ4n) is 4.04. The van der Waals surface area contributed by atoms with Crippen LogP contribution in [0.2, 0.25) is 0 Å². The molecule has 4 heterocycles. The second-order valence-electron chi connectivity index (χ2n) is 7.83. The van der Waals surface area contributed by atoms with Gasteiger partial charge in [0.15, 0.2) is 5.84 Å². The molecule has 0 saturated heterocycles. The number of hydrazone groups is 1. The van der Waals surface area contributed by atoms with Gasteiger partial charge in [-0.1, -0.05) is 18.2 Å². The molecular weight excluding hydrogens is 466 g/mol. The highest BCUT2D eigenvalue weighted by atomic mass is 32.2. The Hall–Kier alpha value is -3.43. The van der Waals surface area contributed by atoms with Gasteiger partial charge in [0.25, 0.3) is 5.91 Å². The van der Waals surface area contributed by atoms with E-state index in [4.69, 9.17) is 10.1 Å². The summed E-state index contributed by atoms with van der Waals surface area (Å²) in [5.41, 5.74) is 3.97. The summed E-state index contributed by atoms with van der Waals surface area (Å²) in [6, 6.07) is 13.9. The van der Waals surface area contributed by atoms with Crippen molar-refractivity contribution >= 4 is 51.1 Å². The number of thiophene rings is 1. The summed E-state index contributed by atoms with van der Waals surface area (Å²) in [5, 5.41) is 18.0. The van der Waals surface area contributed by atoms with Gasteiger partial charge in [0.2, 0.25) is 5.17 Å². The van der Waals surface area contributed by atoms with Crippen LogP contribution in [0.3, 0.4) is 0 Å². The molecule has 34 heavy (non-hydrogen) atoms. The number of thioether (sulfide) groups is 1. The SMILES string of the molecule is CCOc1ccccc1-n1c(C)cc(/C=C2/C(=N)N3N=C(Cc4cccs4)SC3=NC2=O)c1C. The van der Waals surface area contributed by atoms with Crippen LogP contribution in [0.5, 0.6) is 5.75 Å². The molecule has 9 heteroatoms. The van der Waals surface area contributed by atoms with Crippen molar-refractivity contribution < 1.29 is 9.53 Å². The Balaban J connectivity index is 1.48. The van der Waals surface area contributed by atoms with Crippen molar-refractivity contribution in [3.05, 3.63) is 75.2 Å². The van der Waals surface area contributed by atoms with Crippen molar-refractivity contribution in [2.45, 2.75) is 27.2 Å². The number of aromatic nitrogens is 1. The van der Waals surface area contributed by atoms with Gasteiger partial charge in [0.1, 0.15) is 10.8 Å². The van der Waals surface area contributed by atoms with Crippen LogP contribution in [-0.4, -0.2) is 38.1 Å². The zero-order valence-corrected chi connectivity index (χ0v) is 20.7. The Labute approximate surface area is 206 Å². The molecule has 0 atom stereocenters. The predicted octanol–water partition coefficient (Wildman–Crippen LogP) is 5.42. The number of aryl methyl sites for hydroxylation is 1. The first-order valence-electron chi connectivity index (χ1n) is 10.9. The molecular formula is C25H23N5O2S2. The van der Waals surface area contributed by atoms with E-state index in [0.29, 0.717) is 18.2 Å². The molecule has 0 unspecified atom stereocenters. The Kier molecular flexibility index (Phi) is 5.97. The lowest BCUT2D eigenvalue weighted by Crippen LogP contribution is -2.35. The summed E-state index contributed by atoms with van der Waals surface area (Å²) < 4.78 is 7.93. The summed E-state index contributed by atoms with van der Waals surface area (Å²) in [5.74, 6) is 0.419. The Morgan fingerprint density at radius 3 is 2.76 bits per heavy atom. The van der Waals surface area contributed by atoms with Gasteiger partial charge >= 0.3 is 0 Å². The number of fused-ring (bicyclic) bond motifs is 1. The number of benzene rings is 1. The Morgan fingerprint density at radius 2 is 2.00 bits per heavy atom. The maximum atomic E-state index is 12.9. The fourth-order valence-corrected chi connectivity index (χ4v) is 5.75. The highest BCUT2D eigenvalue weighted by Crippen LogP contribution is 2.32. The molecule has 3 aromatic rings. The van der Waals surface area contributed by atoms with Crippen molar-refractivity contribution in [1.82, 2.24) is 9.58 Å². The highest BCUT2D eigenvalue weighted by molar-refractivity contribution is 8.27. The van der Waals surface area contributed by atoms with Gasteiger partial charge in [-0.3, -0.25) is 10.2 Å². The number of aliphatic imine (C=N–C) groups is 1. The van der Waals surface area contributed by atoms with Crippen LogP contribution in [0.25, 0.3) is 11.8 Å². The van der Waals surface area contributed by atoms with E-state index in [0.717, 1.165) is 33.4 Å². The van der Waals surface area contributed by atoms with E-state index >= 15 is 0 Å². The van der Waals surface area contributed by atoms with Gasteiger partial charge in [-0.25, -0.2) is 0 Å². The third-order valence-electron chi connectivity index (χ3n) is 5.58. The zero-order valence-electron chi connectivity index (χ0n) is 19.0. The molecule has 0 fully saturated rings. The normalized spacial score (nSPS) is 16.7. The number of para-hydroxylation sites is 2. The molecule has 5 rings (SSSR count). The van der Waals surface area contributed by atoms with Gasteiger partial charge in [0, 0.05) is 22.7 Å². The monoisotopic (exact) mass is 489 g/mol. The molecule has 0 radical (unpaired) electrons. The second kappa shape index (κ2) is 9.08. The third-order valence-corrected chi connectivity index (χ3v) is 7.36. The van der Waals surface area contributed by atoms with Crippen molar-refractivity contribution in [2.24, 2.45) is 10.1 Å². The second-order valence-corrected chi connectivity index (χ2v) is 9.91. The summed E-state index contributed by atoms with van der Waals surface area (Å²) in [4.78, 5) is 18.3. The molecule has 0 spiro atoms. The first-order valence-corrected chi connectivity index (χ1v) is 12.6.